The third-order valence-electron chi connectivity index (χ3n) is 5.52. The molecular formula is C25H29FN4O3S2Si. The maximum absolute atomic E-state index is 14.8. The molecule has 0 saturated carbocycles. The molecule has 2 N–H and O–H groups in total. The Morgan fingerprint density at radius 2 is 1.89 bits per heavy atom. The lowest BCUT2D eigenvalue weighted by Crippen LogP contribution is -2.22. The summed E-state index contributed by atoms with van der Waals surface area (Å²) in [5.74, 6) is -0.459. The number of aromatic nitrogens is 3. The first-order chi connectivity index (χ1) is 16.9. The standard InChI is InChI=1S/C25H29FN4O3S2Si/c1-17-6-5-7-22(28-17)25-20(15-30(29-25)16-33-12-13-36(2,3)4)18-8-9-21(26)19(14-18)23-10-11-24(34-23)35(27,31)32/h5-11,14-15H,12-13,16H2,1-4H3,(H2,27,31,32). The van der Waals surface area contributed by atoms with Gasteiger partial charge in [-0.1, -0.05) is 31.8 Å². The van der Waals surface area contributed by atoms with Crippen LogP contribution < -0.4 is 5.14 Å². The van der Waals surface area contributed by atoms with E-state index in [9.17, 15) is 12.8 Å². The number of halogens is 1. The minimum atomic E-state index is -3.87. The Kier molecular flexibility index (Phi) is 7.58. The van der Waals surface area contributed by atoms with Crippen LogP contribution in [0.3, 0.4) is 0 Å². The van der Waals surface area contributed by atoms with E-state index in [2.05, 4.69) is 24.6 Å². The van der Waals surface area contributed by atoms with Gasteiger partial charge in [-0.05, 0) is 54.9 Å². The van der Waals surface area contributed by atoms with Crippen molar-refractivity contribution >= 4 is 29.4 Å². The monoisotopic (exact) mass is 544 g/mol. The summed E-state index contributed by atoms with van der Waals surface area (Å²) >= 11 is 0.931. The van der Waals surface area contributed by atoms with Gasteiger partial charge in [-0.25, -0.2) is 22.6 Å². The summed E-state index contributed by atoms with van der Waals surface area (Å²) < 4.78 is 45.9. The third kappa shape index (κ3) is 6.34. The van der Waals surface area contributed by atoms with Crippen LogP contribution in [0.4, 0.5) is 4.39 Å². The molecule has 4 rings (SSSR count). The number of benzene rings is 1. The fourth-order valence-corrected chi connectivity index (χ4v) is 6.10. The van der Waals surface area contributed by atoms with E-state index >= 15 is 0 Å². The van der Waals surface area contributed by atoms with Crippen LogP contribution >= 0.6 is 11.3 Å². The van der Waals surface area contributed by atoms with Crippen molar-refractivity contribution in [3.63, 3.8) is 0 Å². The average molecular weight is 545 g/mol. The van der Waals surface area contributed by atoms with Gasteiger partial charge in [0.15, 0.2) is 0 Å². The maximum Gasteiger partial charge on any atom is 0.247 e. The fraction of sp³-hybridized carbons (Fsp3) is 0.280. The maximum atomic E-state index is 14.8. The predicted octanol–water partition coefficient (Wildman–Crippen LogP) is 5.75. The van der Waals surface area contributed by atoms with Gasteiger partial charge >= 0.3 is 0 Å². The lowest BCUT2D eigenvalue weighted by molar-refractivity contribution is 0.0787. The normalized spacial score (nSPS) is 12.3. The van der Waals surface area contributed by atoms with Crippen LogP contribution in [0.5, 0.6) is 0 Å². The number of rotatable bonds is 9. The molecule has 0 bridgehead atoms. The average Bonchev–Trinajstić information content (AvgIpc) is 3.44. The molecule has 3 aromatic heterocycles. The molecular weight excluding hydrogens is 516 g/mol. The molecule has 0 amide bonds. The highest BCUT2D eigenvalue weighted by Crippen LogP contribution is 2.37. The lowest BCUT2D eigenvalue weighted by Gasteiger charge is -2.15. The van der Waals surface area contributed by atoms with E-state index in [1.54, 1.807) is 22.9 Å². The number of hydrogen-bond acceptors (Lipinski definition) is 6. The molecule has 0 atom stereocenters. The summed E-state index contributed by atoms with van der Waals surface area (Å²) in [6.45, 7) is 9.77. The summed E-state index contributed by atoms with van der Waals surface area (Å²) in [5, 5.41) is 9.99. The minimum Gasteiger partial charge on any atom is -0.360 e. The van der Waals surface area contributed by atoms with E-state index in [4.69, 9.17) is 15.0 Å². The SMILES string of the molecule is Cc1cccc(-c2nn(COCC[Si](C)(C)C)cc2-c2ccc(F)c(-c3ccc(S(N)(=O)=O)s3)c2)n1. The van der Waals surface area contributed by atoms with Crippen LogP contribution in [0, 0.1) is 12.7 Å². The number of aryl methyl sites for hydroxylation is 1. The second-order valence-corrected chi connectivity index (χ2v) is 18.3. The van der Waals surface area contributed by atoms with Crippen LogP contribution in [-0.4, -0.2) is 37.9 Å². The molecule has 190 valence electrons. The van der Waals surface area contributed by atoms with Crippen LogP contribution in [0.15, 0.2) is 58.9 Å². The summed E-state index contributed by atoms with van der Waals surface area (Å²) in [6.07, 6.45) is 1.87. The largest absolute Gasteiger partial charge is 0.360 e. The van der Waals surface area contributed by atoms with Gasteiger partial charge in [0.2, 0.25) is 10.0 Å². The molecule has 4 aromatic rings. The highest BCUT2D eigenvalue weighted by molar-refractivity contribution is 7.91. The van der Waals surface area contributed by atoms with E-state index < -0.39 is 23.9 Å². The molecule has 0 spiro atoms. The molecule has 11 heteroatoms. The van der Waals surface area contributed by atoms with Crippen LogP contribution in [0.25, 0.3) is 33.0 Å². The lowest BCUT2D eigenvalue weighted by atomic mass is 10.0. The second-order valence-electron chi connectivity index (χ2n) is 9.80. The van der Waals surface area contributed by atoms with Gasteiger partial charge in [-0.3, -0.25) is 4.98 Å². The van der Waals surface area contributed by atoms with Gasteiger partial charge in [0.05, 0.1) is 5.69 Å². The zero-order valence-electron chi connectivity index (χ0n) is 20.7. The third-order valence-corrected chi connectivity index (χ3v) is 9.78. The van der Waals surface area contributed by atoms with Crippen molar-refractivity contribution in [3.05, 3.63) is 66.2 Å². The number of pyridine rings is 1. The molecule has 0 unspecified atom stereocenters. The number of primary sulfonamides is 1. The van der Waals surface area contributed by atoms with E-state index in [1.807, 2.05) is 31.3 Å². The summed E-state index contributed by atoms with van der Waals surface area (Å²) in [6, 6.07) is 14.5. The van der Waals surface area contributed by atoms with Crippen LogP contribution in [-0.2, 0) is 21.5 Å². The number of nitrogens with zero attached hydrogens (tertiary/aromatic N) is 3. The molecule has 0 aliphatic carbocycles. The van der Waals surface area contributed by atoms with Crippen molar-refractivity contribution in [2.24, 2.45) is 5.14 Å². The molecule has 1 aromatic carbocycles. The van der Waals surface area contributed by atoms with Crippen LogP contribution in [0.2, 0.25) is 25.7 Å². The van der Waals surface area contributed by atoms with E-state index in [0.29, 0.717) is 29.6 Å². The van der Waals surface area contributed by atoms with Crippen molar-refractivity contribution in [2.75, 3.05) is 6.61 Å². The topological polar surface area (TPSA) is 100 Å². The first-order valence-corrected chi connectivity index (χ1v) is 17.5. The fourth-order valence-electron chi connectivity index (χ4n) is 3.60. The molecule has 0 radical (unpaired) electrons. The number of sulfonamides is 1. The second kappa shape index (κ2) is 10.3. The Morgan fingerprint density at radius 1 is 1.11 bits per heavy atom. The van der Waals surface area contributed by atoms with Gasteiger partial charge in [0.1, 0.15) is 22.5 Å². The summed E-state index contributed by atoms with van der Waals surface area (Å²) in [5.41, 5.74) is 3.99. The van der Waals surface area contributed by atoms with Crippen molar-refractivity contribution in [3.8, 4) is 33.0 Å². The van der Waals surface area contributed by atoms with Crippen LogP contribution in [0.1, 0.15) is 5.69 Å². The first-order valence-electron chi connectivity index (χ1n) is 11.4. The molecule has 0 aliphatic rings. The van der Waals surface area contributed by atoms with Gasteiger partial charge in [-0.15, -0.1) is 11.3 Å². The molecule has 3 heterocycles. The molecule has 36 heavy (non-hydrogen) atoms. The van der Waals surface area contributed by atoms with E-state index in [0.717, 1.165) is 34.2 Å². The zero-order chi connectivity index (χ0) is 26.1. The zero-order valence-corrected chi connectivity index (χ0v) is 23.3. The smallest absolute Gasteiger partial charge is 0.247 e. The quantitative estimate of drug-likeness (QED) is 0.214. The molecule has 0 saturated heterocycles. The first kappa shape index (κ1) is 26.4. The Hall–Kier alpha value is -2.70. The van der Waals surface area contributed by atoms with Crippen molar-refractivity contribution in [2.45, 2.75) is 43.5 Å². The van der Waals surface area contributed by atoms with Gasteiger partial charge in [-0.2, -0.15) is 5.10 Å². The Morgan fingerprint density at radius 3 is 2.56 bits per heavy atom. The van der Waals surface area contributed by atoms with E-state index in [-0.39, 0.29) is 9.77 Å². The summed E-state index contributed by atoms with van der Waals surface area (Å²) in [7, 11) is -5.08. The van der Waals surface area contributed by atoms with Crippen molar-refractivity contribution < 1.29 is 17.5 Å². The Bertz CT molecular complexity index is 1490. The highest BCUT2D eigenvalue weighted by Gasteiger charge is 2.19. The van der Waals surface area contributed by atoms with Gasteiger partial charge in [0, 0.05) is 42.6 Å². The van der Waals surface area contributed by atoms with Crippen molar-refractivity contribution in [1.82, 2.24) is 14.8 Å². The number of hydrogen-bond donors (Lipinski definition) is 1. The van der Waals surface area contributed by atoms with Gasteiger partial charge in [0.25, 0.3) is 0 Å². The van der Waals surface area contributed by atoms with Crippen molar-refractivity contribution in [1.29, 1.82) is 0 Å². The number of thiophene rings is 1. The highest BCUT2D eigenvalue weighted by atomic mass is 32.2. The number of ether oxygens (including phenoxy) is 1. The van der Waals surface area contributed by atoms with Gasteiger partial charge < -0.3 is 4.74 Å². The predicted molar refractivity (Wildman–Crippen MR) is 144 cm³/mol. The van der Waals surface area contributed by atoms with E-state index in [1.165, 1.54) is 12.1 Å². The Labute approximate surface area is 215 Å². The molecule has 0 aliphatic heterocycles. The Balaban J connectivity index is 1.73. The number of nitrogens with two attached hydrogens (primary N) is 1. The minimum absolute atomic E-state index is 0.0183. The summed E-state index contributed by atoms with van der Waals surface area (Å²) in [4.78, 5) is 5.10. The molecule has 0 fully saturated rings. The molecule has 7 nitrogen and oxygen atoms in total.